The number of amides is 1. The fourth-order valence-electron chi connectivity index (χ4n) is 4.59. The van der Waals surface area contributed by atoms with Crippen LogP contribution < -0.4 is 0 Å². The zero-order chi connectivity index (χ0) is 19.1. The van der Waals surface area contributed by atoms with Gasteiger partial charge in [-0.15, -0.1) is 0 Å². The van der Waals surface area contributed by atoms with Crippen molar-refractivity contribution in [2.45, 2.75) is 24.9 Å². The van der Waals surface area contributed by atoms with Gasteiger partial charge >= 0.3 is 0 Å². The molecule has 27 heavy (non-hydrogen) atoms. The summed E-state index contributed by atoms with van der Waals surface area (Å²) in [4.78, 5) is 17.3. The van der Waals surface area contributed by atoms with E-state index in [1.54, 1.807) is 4.31 Å². The minimum absolute atomic E-state index is 0.00932. The molecule has 4 rings (SSSR count). The summed E-state index contributed by atoms with van der Waals surface area (Å²) in [6, 6.07) is 9.41. The van der Waals surface area contributed by atoms with Gasteiger partial charge in [-0.05, 0) is 18.6 Å². The number of benzene rings is 1. The number of nitrogens with zero attached hydrogens (tertiary/aromatic N) is 3. The Kier molecular flexibility index (Phi) is 5.00. The number of morpholine rings is 1. The lowest BCUT2D eigenvalue weighted by molar-refractivity contribution is -0.141. The van der Waals surface area contributed by atoms with Crippen LogP contribution in [0.1, 0.15) is 23.7 Å². The lowest BCUT2D eigenvalue weighted by atomic mass is 9.84. The Hall–Kier alpha value is -1.48. The van der Waals surface area contributed by atoms with Crippen LogP contribution in [0.15, 0.2) is 30.3 Å². The number of ether oxygens (including phenoxy) is 1. The Labute approximate surface area is 160 Å². The molecule has 1 spiro atoms. The summed E-state index contributed by atoms with van der Waals surface area (Å²) in [6.45, 7) is 6.03. The maximum atomic E-state index is 13.0. The number of hydrogen-bond donors (Lipinski definition) is 0. The molecule has 3 aliphatic rings. The van der Waals surface area contributed by atoms with E-state index in [1.165, 1.54) is 0 Å². The molecule has 1 atom stereocenters. The zero-order valence-electron chi connectivity index (χ0n) is 15.7. The van der Waals surface area contributed by atoms with Crippen molar-refractivity contribution in [1.29, 1.82) is 0 Å². The average Bonchev–Trinajstić information content (AvgIpc) is 2.65. The third-order valence-corrected chi connectivity index (χ3v) is 7.83. The minimum atomic E-state index is -3.20. The molecular formula is C19H27N3O4S. The molecule has 1 aromatic rings. The highest BCUT2D eigenvalue weighted by Gasteiger charge is 2.57. The summed E-state index contributed by atoms with van der Waals surface area (Å²) < 4.78 is 32.1. The van der Waals surface area contributed by atoms with E-state index in [1.807, 2.05) is 42.2 Å². The molecule has 0 saturated carbocycles. The van der Waals surface area contributed by atoms with E-state index in [4.69, 9.17) is 4.74 Å². The molecule has 1 unspecified atom stereocenters. The quantitative estimate of drug-likeness (QED) is 0.751. The maximum absolute atomic E-state index is 13.0. The van der Waals surface area contributed by atoms with Gasteiger partial charge < -0.3 is 9.64 Å². The summed E-state index contributed by atoms with van der Waals surface area (Å²) in [6.07, 6.45) is 0.616. The van der Waals surface area contributed by atoms with Gasteiger partial charge in [0.1, 0.15) is 0 Å². The molecule has 8 heteroatoms. The van der Waals surface area contributed by atoms with Gasteiger partial charge in [-0.2, -0.15) is 4.31 Å². The number of sulfonamides is 1. The molecule has 3 heterocycles. The van der Waals surface area contributed by atoms with Crippen molar-refractivity contribution in [3.8, 4) is 0 Å². The van der Waals surface area contributed by atoms with Crippen LogP contribution >= 0.6 is 0 Å². The summed E-state index contributed by atoms with van der Waals surface area (Å²) in [5, 5.41) is 0. The molecule has 0 bridgehead atoms. The second-order valence-electron chi connectivity index (χ2n) is 7.78. The van der Waals surface area contributed by atoms with Gasteiger partial charge in [-0.3, -0.25) is 9.69 Å². The lowest BCUT2D eigenvalue weighted by Crippen LogP contribution is -2.81. The zero-order valence-corrected chi connectivity index (χ0v) is 16.5. The minimum Gasteiger partial charge on any atom is -0.378 e. The average molecular weight is 394 g/mol. The molecule has 0 aromatic heterocycles. The second-order valence-corrected chi connectivity index (χ2v) is 9.87. The number of carbonyl (C=O) groups excluding carboxylic acids is 1. The van der Waals surface area contributed by atoms with Crippen molar-refractivity contribution in [3.05, 3.63) is 35.9 Å². The third kappa shape index (κ3) is 3.40. The van der Waals surface area contributed by atoms with Crippen molar-refractivity contribution in [2.75, 3.05) is 51.7 Å². The van der Waals surface area contributed by atoms with Crippen LogP contribution in [-0.4, -0.2) is 91.7 Å². The number of hydrogen-bond acceptors (Lipinski definition) is 5. The first-order valence-electron chi connectivity index (χ1n) is 9.62. The number of carbonyl (C=O) groups is 1. The van der Waals surface area contributed by atoms with Crippen molar-refractivity contribution in [3.63, 3.8) is 0 Å². The van der Waals surface area contributed by atoms with Crippen LogP contribution in [0.25, 0.3) is 0 Å². The highest BCUT2D eigenvalue weighted by molar-refractivity contribution is 7.89. The smallest absolute Gasteiger partial charge is 0.253 e. The van der Waals surface area contributed by atoms with Crippen molar-refractivity contribution in [2.24, 2.45) is 0 Å². The van der Waals surface area contributed by atoms with Gasteiger partial charge in [0.05, 0.1) is 30.5 Å². The molecule has 3 saturated heterocycles. The Morgan fingerprint density at radius 2 is 1.96 bits per heavy atom. The van der Waals surface area contributed by atoms with Crippen LogP contribution in [0, 0.1) is 0 Å². The predicted octanol–water partition coefficient (Wildman–Crippen LogP) is 0.637. The normalized spacial score (nSPS) is 25.8. The second kappa shape index (κ2) is 7.16. The van der Waals surface area contributed by atoms with Crippen molar-refractivity contribution >= 4 is 15.9 Å². The summed E-state index contributed by atoms with van der Waals surface area (Å²) in [5.74, 6) is 0.192. The molecule has 1 amide bonds. The molecule has 0 aliphatic carbocycles. The Bertz CT molecular complexity index is 792. The maximum Gasteiger partial charge on any atom is 0.253 e. The number of piperazine rings is 1. The SMILES string of the molecule is CCCS(=O)(=O)N1CC2(CN(C(=O)c3ccccc3)CC3COCCN32)C1. The Morgan fingerprint density at radius 1 is 1.22 bits per heavy atom. The van der Waals surface area contributed by atoms with E-state index in [0.29, 0.717) is 51.4 Å². The van der Waals surface area contributed by atoms with Crippen LogP contribution in [0.3, 0.4) is 0 Å². The van der Waals surface area contributed by atoms with Gasteiger partial charge in [0.15, 0.2) is 0 Å². The predicted molar refractivity (Wildman–Crippen MR) is 102 cm³/mol. The van der Waals surface area contributed by atoms with Crippen LogP contribution in [0.2, 0.25) is 0 Å². The summed E-state index contributed by atoms with van der Waals surface area (Å²) in [7, 11) is -3.20. The molecule has 3 fully saturated rings. The first kappa shape index (κ1) is 18.9. The van der Waals surface area contributed by atoms with Crippen LogP contribution in [0.5, 0.6) is 0 Å². The molecule has 0 radical (unpaired) electrons. The Balaban J connectivity index is 1.56. The van der Waals surface area contributed by atoms with Gasteiger partial charge in [0, 0.05) is 38.3 Å². The number of fused-ring (bicyclic) bond motifs is 2. The fraction of sp³-hybridized carbons (Fsp3) is 0.632. The van der Waals surface area contributed by atoms with E-state index in [-0.39, 0.29) is 23.2 Å². The summed E-state index contributed by atoms with van der Waals surface area (Å²) in [5.41, 5.74) is 0.380. The third-order valence-electron chi connectivity index (χ3n) is 5.86. The van der Waals surface area contributed by atoms with Crippen molar-refractivity contribution < 1.29 is 17.9 Å². The molecule has 7 nitrogen and oxygen atoms in total. The highest BCUT2D eigenvalue weighted by Crippen LogP contribution is 2.37. The summed E-state index contributed by atoms with van der Waals surface area (Å²) >= 11 is 0. The molecule has 148 valence electrons. The molecule has 0 N–H and O–H groups in total. The first-order chi connectivity index (χ1) is 13.0. The monoisotopic (exact) mass is 393 g/mol. The lowest BCUT2D eigenvalue weighted by Gasteiger charge is -2.62. The van der Waals surface area contributed by atoms with E-state index in [2.05, 4.69) is 4.90 Å². The van der Waals surface area contributed by atoms with E-state index in [0.717, 1.165) is 6.54 Å². The topological polar surface area (TPSA) is 70.2 Å². The van der Waals surface area contributed by atoms with Gasteiger partial charge in [-0.1, -0.05) is 25.1 Å². The van der Waals surface area contributed by atoms with Gasteiger partial charge in [0.2, 0.25) is 10.0 Å². The fourth-order valence-corrected chi connectivity index (χ4v) is 6.24. The van der Waals surface area contributed by atoms with Crippen molar-refractivity contribution in [1.82, 2.24) is 14.1 Å². The largest absolute Gasteiger partial charge is 0.378 e. The van der Waals surface area contributed by atoms with E-state index >= 15 is 0 Å². The van der Waals surface area contributed by atoms with Gasteiger partial charge in [0.25, 0.3) is 5.91 Å². The first-order valence-corrected chi connectivity index (χ1v) is 11.2. The molecular weight excluding hydrogens is 366 g/mol. The van der Waals surface area contributed by atoms with E-state index in [9.17, 15) is 13.2 Å². The standard InChI is InChI=1S/C19H27N3O4S/c1-2-10-27(24,25)21-14-19(15-21)13-20(11-17-12-26-9-8-22(17)19)18(23)16-6-4-3-5-7-16/h3-7,17H,2,8-15H2,1H3. The molecule has 3 aliphatic heterocycles. The highest BCUT2D eigenvalue weighted by atomic mass is 32.2. The van der Waals surface area contributed by atoms with E-state index < -0.39 is 10.0 Å². The van der Waals surface area contributed by atoms with Crippen LogP contribution in [0.4, 0.5) is 0 Å². The Morgan fingerprint density at radius 3 is 2.67 bits per heavy atom. The number of rotatable bonds is 4. The van der Waals surface area contributed by atoms with Crippen LogP contribution in [-0.2, 0) is 14.8 Å². The van der Waals surface area contributed by atoms with Gasteiger partial charge in [-0.25, -0.2) is 8.42 Å². The molecule has 1 aromatic carbocycles.